The number of carboxylic acids is 1. The van der Waals surface area contributed by atoms with Crippen molar-refractivity contribution in [3.05, 3.63) is 29.8 Å². The van der Waals surface area contributed by atoms with Crippen LogP contribution in [0, 0.1) is 11.8 Å². The van der Waals surface area contributed by atoms with Gasteiger partial charge in [0.2, 0.25) is 5.91 Å². The highest BCUT2D eigenvalue weighted by Gasteiger charge is 2.59. The first-order chi connectivity index (χ1) is 9.38. The van der Waals surface area contributed by atoms with Crippen LogP contribution in [0.2, 0.25) is 0 Å². The summed E-state index contributed by atoms with van der Waals surface area (Å²) in [6, 6.07) is 7.38. The van der Waals surface area contributed by atoms with E-state index in [2.05, 4.69) is 0 Å². The average molecular weight is 275 g/mol. The van der Waals surface area contributed by atoms with Crippen LogP contribution >= 0.6 is 0 Å². The number of carboxylic acid groups (broad SMARTS) is 1. The minimum Gasteiger partial charge on any atom is -0.481 e. The predicted molar refractivity (Wildman–Crippen MR) is 71.3 cm³/mol. The summed E-state index contributed by atoms with van der Waals surface area (Å²) in [7, 11) is 1.61. The smallest absolute Gasteiger partial charge is 0.316 e. The van der Waals surface area contributed by atoms with Gasteiger partial charge in [-0.05, 0) is 18.6 Å². The summed E-state index contributed by atoms with van der Waals surface area (Å²) in [5.41, 5.74) is 0.00789. The summed E-state index contributed by atoms with van der Waals surface area (Å²) in [6.45, 7) is 3.79. The minimum absolute atomic E-state index is 0.0961. The Kier molecular flexibility index (Phi) is 2.58. The van der Waals surface area contributed by atoms with Crippen molar-refractivity contribution >= 4 is 11.9 Å². The number of ether oxygens (including phenoxy) is 1. The fraction of sp³-hybridized carbons (Fsp3) is 0.467. The van der Waals surface area contributed by atoms with Crippen LogP contribution in [-0.4, -0.2) is 34.7 Å². The number of carbonyl (C=O) groups excluding carboxylic acids is 1. The van der Waals surface area contributed by atoms with E-state index in [-0.39, 0.29) is 11.8 Å². The van der Waals surface area contributed by atoms with Crippen molar-refractivity contribution in [1.29, 1.82) is 0 Å². The summed E-state index contributed by atoms with van der Waals surface area (Å²) in [6.07, 6.45) is 0. The van der Waals surface area contributed by atoms with Crippen LogP contribution < -0.4 is 4.74 Å². The Balaban J connectivity index is 2.24. The quantitative estimate of drug-likeness (QED) is 0.792. The zero-order valence-electron chi connectivity index (χ0n) is 11.7. The molecule has 2 bridgehead atoms. The van der Waals surface area contributed by atoms with Gasteiger partial charge in [0.1, 0.15) is 11.7 Å². The van der Waals surface area contributed by atoms with Crippen molar-refractivity contribution in [2.75, 3.05) is 7.05 Å². The van der Waals surface area contributed by atoms with E-state index in [1.165, 1.54) is 4.90 Å². The molecule has 5 heteroatoms. The molecule has 1 fully saturated rings. The first-order valence-electron chi connectivity index (χ1n) is 6.66. The second-order valence-electron chi connectivity index (χ2n) is 5.72. The number of carbonyl (C=O) groups is 2. The number of nitrogens with zero attached hydrogens (tertiary/aromatic N) is 1. The highest BCUT2D eigenvalue weighted by Crippen LogP contribution is 2.52. The van der Waals surface area contributed by atoms with Gasteiger partial charge in [-0.2, -0.15) is 0 Å². The van der Waals surface area contributed by atoms with Gasteiger partial charge in [0, 0.05) is 18.9 Å². The number of hydrogen-bond donors (Lipinski definition) is 1. The number of amides is 1. The Morgan fingerprint density at radius 1 is 1.40 bits per heavy atom. The predicted octanol–water partition coefficient (Wildman–Crippen LogP) is 1.69. The monoisotopic (exact) mass is 275 g/mol. The molecule has 2 heterocycles. The van der Waals surface area contributed by atoms with Crippen molar-refractivity contribution < 1.29 is 19.4 Å². The molecular weight excluding hydrogens is 258 g/mol. The number of aliphatic carboxylic acids is 1. The molecule has 1 amide bonds. The third-order valence-corrected chi connectivity index (χ3v) is 4.87. The summed E-state index contributed by atoms with van der Waals surface area (Å²) >= 11 is 0. The number of rotatable bonds is 1. The van der Waals surface area contributed by atoms with E-state index in [1.54, 1.807) is 7.05 Å². The maximum absolute atomic E-state index is 12.4. The number of para-hydroxylation sites is 1. The molecule has 1 aromatic carbocycles. The van der Waals surface area contributed by atoms with Gasteiger partial charge in [-0.25, -0.2) is 0 Å². The lowest BCUT2D eigenvalue weighted by atomic mass is 9.67. The molecule has 2 aliphatic heterocycles. The van der Waals surface area contributed by atoms with E-state index >= 15 is 0 Å². The Morgan fingerprint density at radius 2 is 2.05 bits per heavy atom. The molecule has 0 spiro atoms. The molecule has 0 radical (unpaired) electrons. The molecule has 0 aromatic heterocycles. The summed E-state index contributed by atoms with van der Waals surface area (Å²) in [5, 5.41) is 9.48. The second kappa shape index (κ2) is 3.98. The topological polar surface area (TPSA) is 66.8 Å². The lowest BCUT2D eigenvalue weighted by molar-refractivity contribution is -0.188. The number of benzene rings is 1. The summed E-state index contributed by atoms with van der Waals surface area (Å²) in [5.74, 6) is -2.29. The maximum Gasteiger partial charge on any atom is 0.316 e. The van der Waals surface area contributed by atoms with Gasteiger partial charge < -0.3 is 14.7 Å². The minimum atomic E-state index is -1.07. The number of piperidine rings is 1. The van der Waals surface area contributed by atoms with Crippen molar-refractivity contribution in [3.8, 4) is 5.75 Å². The van der Waals surface area contributed by atoms with E-state index in [9.17, 15) is 14.7 Å². The van der Waals surface area contributed by atoms with Crippen LogP contribution in [0.3, 0.4) is 0 Å². The maximum atomic E-state index is 12.4. The zero-order chi connectivity index (χ0) is 14.7. The number of fused-ring (bicyclic) bond motifs is 4. The molecule has 106 valence electrons. The van der Waals surface area contributed by atoms with E-state index < -0.39 is 23.5 Å². The first-order valence-corrected chi connectivity index (χ1v) is 6.66. The van der Waals surface area contributed by atoms with E-state index in [4.69, 9.17) is 4.74 Å². The largest absolute Gasteiger partial charge is 0.481 e. The molecule has 1 N–H and O–H groups in total. The van der Waals surface area contributed by atoms with E-state index in [1.807, 2.05) is 38.1 Å². The van der Waals surface area contributed by atoms with E-state index in [0.717, 1.165) is 5.56 Å². The lowest BCUT2D eigenvalue weighted by Gasteiger charge is -2.55. The van der Waals surface area contributed by atoms with Crippen molar-refractivity contribution in [2.45, 2.75) is 25.5 Å². The van der Waals surface area contributed by atoms with Crippen LogP contribution in [0.4, 0.5) is 0 Å². The molecule has 4 atom stereocenters. The molecule has 1 aromatic rings. The average Bonchev–Trinajstić information content (AvgIpc) is 2.40. The third kappa shape index (κ3) is 1.43. The van der Waals surface area contributed by atoms with Crippen molar-refractivity contribution in [2.24, 2.45) is 11.8 Å². The summed E-state index contributed by atoms with van der Waals surface area (Å²) < 4.78 is 6.03. The van der Waals surface area contributed by atoms with Gasteiger partial charge in [0.15, 0.2) is 5.72 Å². The second-order valence-corrected chi connectivity index (χ2v) is 5.72. The molecule has 0 saturated carbocycles. The molecule has 5 nitrogen and oxygen atoms in total. The zero-order valence-corrected chi connectivity index (χ0v) is 11.7. The van der Waals surface area contributed by atoms with Gasteiger partial charge in [-0.15, -0.1) is 0 Å². The fourth-order valence-corrected chi connectivity index (χ4v) is 3.45. The Hall–Kier alpha value is -2.04. The Bertz CT molecular complexity index is 599. The van der Waals surface area contributed by atoms with Crippen LogP contribution in [0.1, 0.15) is 25.3 Å². The van der Waals surface area contributed by atoms with E-state index in [0.29, 0.717) is 5.75 Å². The molecule has 1 saturated heterocycles. The molecule has 0 aliphatic carbocycles. The third-order valence-electron chi connectivity index (χ3n) is 4.87. The van der Waals surface area contributed by atoms with Crippen molar-refractivity contribution in [3.63, 3.8) is 0 Å². The highest BCUT2D eigenvalue weighted by atomic mass is 16.5. The Morgan fingerprint density at radius 3 is 2.70 bits per heavy atom. The van der Waals surface area contributed by atoms with Crippen LogP contribution in [-0.2, 0) is 9.59 Å². The molecular formula is C15H17NO4. The van der Waals surface area contributed by atoms with Gasteiger partial charge in [-0.3, -0.25) is 9.59 Å². The van der Waals surface area contributed by atoms with Crippen LogP contribution in [0.5, 0.6) is 5.75 Å². The lowest BCUT2D eigenvalue weighted by Crippen LogP contribution is -2.66. The normalized spacial score (nSPS) is 35.2. The SMILES string of the molecule is CC1C2c3ccccc3OC1(C)N(C)C(=O)C2C(=O)O. The van der Waals surface area contributed by atoms with Gasteiger partial charge in [0.05, 0.1) is 0 Å². The van der Waals surface area contributed by atoms with Gasteiger partial charge >= 0.3 is 5.97 Å². The van der Waals surface area contributed by atoms with Gasteiger partial charge in [-0.1, -0.05) is 25.1 Å². The van der Waals surface area contributed by atoms with Gasteiger partial charge in [0.25, 0.3) is 0 Å². The highest BCUT2D eigenvalue weighted by molar-refractivity contribution is 5.99. The molecule has 4 unspecified atom stereocenters. The number of hydrogen-bond acceptors (Lipinski definition) is 3. The standard InChI is InChI=1S/C15H17NO4/c1-8-11-9-6-4-5-7-10(9)20-15(8,2)16(3)13(17)12(11)14(18)19/h4-8,11-12H,1-3H3,(H,18,19). The van der Waals surface area contributed by atoms with Crippen molar-refractivity contribution in [1.82, 2.24) is 4.90 Å². The molecule has 3 rings (SSSR count). The number of likely N-dealkylation sites (tertiary alicyclic amines) is 1. The Labute approximate surface area is 117 Å². The molecule has 2 aliphatic rings. The van der Waals surface area contributed by atoms with Crippen LogP contribution in [0.25, 0.3) is 0 Å². The fourth-order valence-electron chi connectivity index (χ4n) is 3.45. The first kappa shape index (κ1) is 13.0. The van der Waals surface area contributed by atoms with Crippen LogP contribution in [0.15, 0.2) is 24.3 Å². The molecule has 20 heavy (non-hydrogen) atoms. The summed E-state index contributed by atoms with van der Waals surface area (Å²) in [4.78, 5) is 25.4.